The minimum absolute atomic E-state index is 0.0784. The van der Waals surface area contributed by atoms with Crippen LogP contribution in [-0.2, 0) is 25.0 Å². The van der Waals surface area contributed by atoms with Gasteiger partial charge in [0.2, 0.25) is 15.9 Å². The summed E-state index contributed by atoms with van der Waals surface area (Å²) in [5.74, 6) is -0.801. The molecule has 1 atom stereocenters. The number of nitrogens with zero attached hydrogens (tertiary/aromatic N) is 1. The maximum absolute atomic E-state index is 12.4. The lowest BCUT2D eigenvalue weighted by atomic mass is 9.83. The molecule has 0 aliphatic carbocycles. The molecule has 1 amide bonds. The Morgan fingerprint density at radius 3 is 2.83 bits per heavy atom. The van der Waals surface area contributed by atoms with Crippen molar-refractivity contribution in [3.63, 3.8) is 0 Å². The van der Waals surface area contributed by atoms with Gasteiger partial charge in [-0.25, -0.2) is 8.42 Å². The van der Waals surface area contributed by atoms with Crippen LogP contribution in [0.5, 0.6) is 0 Å². The Morgan fingerprint density at radius 2 is 2.22 bits per heavy atom. The SMILES string of the molecule is CC(C)(C(=O)NS(=O)(=O)C[C@@H]1CCOC1)c1cccc(C#N)c1. The second kappa shape index (κ2) is 6.69. The minimum atomic E-state index is -3.72. The van der Waals surface area contributed by atoms with Gasteiger partial charge in [-0.15, -0.1) is 0 Å². The Balaban J connectivity index is 2.12. The maximum atomic E-state index is 12.4. The molecular formula is C16H20N2O4S. The van der Waals surface area contributed by atoms with Gasteiger partial charge in [-0.2, -0.15) is 5.26 Å². The highest BCUT2D eigenvalue weighted by atomic mass is 32.2. The number of hydrogen-bond donors (Lipinski definition) is 1. The molecule has 0 spiro atoms. The van der Waals surface area contributed by atoms with E-state index >= 15 is 0 Å². The zero-order valence-electron chi connectivity index (χ0n) is 13.2. The van der Waals surface area contributed by atoms with Crippen LogP contribution in [0.4, 0.5) is 0 Å². The summed E-state index contributed by atoms with van der Waals surface area (Å²) < 4.78 is 31.6. The Labute approximate surface area is 136 Å². The molecule has 1 aliphatic rings. The molecule has 1 N–H and O–H groups in total. The highest BCUT2D eigenvalue weighted by Crippen LogP contribution is 2.25. The molecule has 2 rings (SSSR count). The lowest BCUT2D eigenvalue weighted by molar-refractivity contribution is -0.123. The van der Waals surface area contributed by atoms with Crippen molar-refractivity contribution in [2.75, 3.05) is 19.0 Å². The topological polar surface area (TPSA) is 96.3 Å². The number of carbonyl (C=O) groups excluding carboxylic acids is 1. The Bertz CT molecular complexity index is 729. The lowest BCUT2D eigenvalue weighted by Gasteiger charge is -2.24. The van der Waals surface area contributed by atoms with Gasteiger partial charge in [0.05, 0.1) is 29.4 Å². The van der Waals surface area contributed by atoms with Gasteiger partial charge in [0.15, 0.2) is 0 Å². The van der Waals surface area contributed by atoms with Crippen molar-refractivity contribution in [3.8, 4) is 6.07 Å². The first kappa shape index (κ1) is 17.4. The molecule has 0 bridgehead atoms. The number of carbonyl (C=O) groups is 1. The van der Waals surface area contributed by atoms with Gasteiger partial charge in [0.25, 0.3) is 0 Å². The third kappa shape index (κ3) is 4.30. The fourth-order valence-corrected chi connectivity index (χ4v) is 3.95. The first-order chi connectivity index (χ1) is 10.7. The fraction of sp³-hybridized carbons (Fsp3) is 0.500. The molecule has 1 heterocycles. The second-order valence-electron chi connectivity index (χ2n) is 6.26. The largest absolute Gasteiger partial charge is 0.381 e. The fourth-order valence-electron chi connectivity index (χ4n) is 2.44. The number of nitrogens with one attached hydrogen (secondary N) is 1. The van der Waals surface area contributed by atoms with E-state index in [0.29, 0.717) is 30.8 Å². The van der Waals surface area contributed by atoms with Gasteiger partial charge in [-0.1, -0.05) is 12.1 Å². The highest BCUT2D eigenvalue weighted by Gasteiger charge is 2.34. The van der Waals surface area contributed by atoms with E-state index in [1.807, 2.05) is 6.07 Å². The number of amides is 1. The molecule has 0 radical (unpaired) electrons. The van der Waals surface area contributed by atoms with Crippen molar-refractivity contribution >= 4 is 15.9 Å². The van der Waals surface area contributed by atoms with Crippen molar-refractivity contribution in [2.45, 2.75) is 25.7 Å². The molecule has 124 valence electrons. The van der Waals surface area contributed by atoms with Gasteiger partial charge in [-0.05, 0) is 38.0 Å². The normalized spacial score (nSPS) is 18.4. The summed E-state index contributed by atoms with van der Waals surface area (Å²) in [6, 6.07) is 8.62. The van der Waals surface area contributed by atoms with E-state index < -0.39 is 21.3 Å². The summed E-state index contributed by atoms with van der Waals surface area (Å²) in [6.07, 6.45) is 0.683. The molecular weight excluding hydrogens is 316 g/mol. The van der Waals surface area contributed by atoms with Gasteiger partial charge in [-0.3, -0.25) is 9.52 Å². The van der Waals surface area contributed by atoms with Gasteiger partial charge < -0.3 is 4.74 Å². The van der Waals surface area contributed by atoms with Crippen LogP contribution in [0.25, 0.3) is 0 Å². The smallest absolute Gasteiger partial charge is 0.243 e. The number of nitriles is 1. The molecule has 6 nitrogen and oxygen atoms in total. The second-order valence-corrected chi connectivity index (χ2v) is 8.03. The van der Waals surface area contributed by atoms with Crippen LogP contribution in [0.15, 0.2) is 24.3 Å². The highest BCUT2D eigenvalue weighted by molar-refractivity contribution is 7.90. The third-order valence-corrected chi connectivity index (χ3v) is 5.41. The van der Waals surface area contributed by atoms with E-state index in [-0.39, 0.29) is 11.7 Å². The Hall–Kier alpha value is -1.91. The summed E-state index contributed by atoms with van der Waals surface area (Å²) in [5.41, 5.74) is -0.0469. The molecule has 0 unspecified atom stereocenters. The van der Waals surface area contributed by atoms with E-state index in [1.54, 1.807) is 38.1 Å². The molecule has 1 aromatic carbocycles. The molecule has 1 fully saturated rings. The van der Waals surface area contributed by atoms with Crippen LogP contribution in [0.1, 0.15) is 31.4 Å². The molecule has 0 aromatic heterocycles. The monoisotopic (exact) mass is 336 g/mol. The Morgan fingerprint density at radius 1 is 1.48 bits per heavy atom. The predicted molar refractivity (Wildman–Crippen MR) is 85.0 cm³/mol. The van der Waals surface area contributed by atoms with Crippen LogP contribution in [0.2, 0.25) is 0 Å². The van der Waals surface area contributed by atoms with E-state index in [2.05, 4.69) is 4.72 Å². The van der Waals surface area contributed by atoms with Crippen LogP contribution in [0.3, 0.4) is 0 Å². The van der Waals surface area contributed by atoms with Crippen LogP contribution in [0, 0.1) is 17.2 Å². The first-order valence-electron chi connectivity index (χ1n) is 7.38. The van der Waals surface area contributed by atoms with Crippen LogP contribution < -0.4 is 4.72 Å². The molecule has 1 saturated heterocycles. The summed E-state index contributed by atoms with van der Waals surface area (Å²) in [4.78, 5) is 12.4. The maximum Gasteiger partial charge on any atom is 0.243 e. The van der Waals surface area contributed by atoms with Gasteiger partial charge >= 0.3 is 0 Å². The van der Waals surface area contributed by atoms with Crippen molar-refractivity contribution in [1.82, 2.24) is 4.72 Å². The molecule has 0 saturated carbocycles. The Kier molecular flexibility index (Phi) is 5.07. The summed E-state index contributed by atoms with van der Waals surface area (Å²) in [6.45, 7) is 4.23. The standard InChI is InChI=1S/C16H20N2O4S/c1-16(2,14-5-3-4-12(8-14)9-17)15(19)18-23(20,21)11-13-6-7-22-10-13/h3-5,8,13H,6-7,10-11H2,1-2H3,(H,18,19)/t13-/m1/s1. The zero-order valence-corrected chi connectivity index (χ0v) is 14.0. The number of hydrogen-bond acceptors (Lipinski definition) is 5. The minimum Gasteiger partial charge on any atom is -0.381 e. The molecule has 1 aromatic rings. The summed E-state index contributed by atoms with van der Waals surface area (Å²) in [5, 5.41) is 8.95. The predicted octanol–water partition coefficient (Wildman–Crippen LogP) is 1.32. The van der Waals surface area contributed by atoms with E-state index in [4.69, 9.17) is 10.00 Å². The first-order valence-corrected chi connectivity index (χ1v) is 9.03. The number of benzene rings is 1. The third-order valence-electron chi connectivity index (χ3n) is 4.01. The van der Waals surface area contributed by atoms with E-state index in [9.17, 15) is 13.2 Å². The average molecular weight is 336 g/mol. The molecule has 1 aliphatic heterocycles. The number of sulfonamides is 1. The van der Waals surface area contributed by atoms with Crippen LogP contribution in [-0.4, -0.2) is 33.3 Å². The van der Waals surface area contributed by atoms with Crippen molar-refractivity contribution < 1.29 is 17.9 Å². The quantitative estimate of drug-likeness (QED) is 0.875. The van der Waals surface area contributed by atoms with Crippen molar-refractivity contribution in [3.05, 3.63) is 35.4 Å². The summed E-state index contributed by atoms with van der Waals surface area (Å²) in [7, 11) is -3.72. The molecule has 7 heteroatoms. The van der Waals surface area contributed by atoms with Crippen LogP contribution >= 0.6 is 0 Å². The lowest BCUT2D eigenvalue weighted by Crippen LogP contribution is -2.44. The number of rotatable bonds is 5. The van der Waals surface area contributed by atoms with Crippen molar-refractivity contribution in [2.24, 2.45) is 5.92 Å². The number of ether oxygens (including phenoxy) is 1. The zero-order chi connectivity index (χ0) is 17.1. The van der Waals surface area contributed by atoms with Gasteiger partial charge in [0, 0.05) is 12.5 Å². The van der Waals surface area contributed by atoms with Gasteiger partial charge in [0.1, 0.15) is 0 Å². The molecule has 23 heavy (non-hydrogen) atoms. The van der Waals surface area contributed by atoms with E-state index in [0.717, 1.165) is 0 Å². The average Bonchev–Trinajstić information content (AvgIpc) is 2.98. The summed E-state index contributed by atoms with van der Waals surface area (Å²) >= 11 is 0. The van der Waals surface area contributed by atoms with E-state index in [1.165, 1.54) is 0 Å². The van der Waals surface area contributed by atoms with Crippen molar-refractivity contribution in [1.29, 1.82) is 5.26 Å².